The molecule has 0 aliphatic rings. The van der Waals surface area contributed by atoms with Crippen molar-refractivity contribution in [1.82, 2.24) is 0 Å². The van der Waals surface area contributed by atoms with Crippen LogP contribution in [0, 0.1) is 20.8 Å². The molecule has 0 aliphatic carbocycles. The molecule has 2 heteroatoms. The van der Waals surface area contributed by atoms with Gasteiger partial charge in [0.2, 0.25) is 5.91 Å². The first-order valence-corrected chi connectivity index (χ1v) is 6.35. The number of nitrogens with one attached hydrogen (secondary N) is 1. The lowest BCUT2D eigenvalue weighted by Crippen LogP contribution is -2.05. The summed E-state index contributed by atoms with van der Waals surface area (Å²) in [6.07, 6.45) is 0. The third-order valence-corrected chi connectivity index (χ3v) is 2.59. The van der Waals surface area contributed by atoms with Gasteiger partial charge in [0.05, 0.1) is 0 Å². The Morgan fingerprint density at radius 2 is 1.05 bits per heavy atom. The maximum absolute atomic E-state index is 10.6. The van der Waals surface area contributed by atoms with E-state index in [2.05, 4.69) is 43.4 Å². The molecule has 0 saturated carbocycles. The minimum Gasteiger partial charge on any atom is -0.326 e. The zero-order chi connectivity index (χ0) is 14.3. The van der Waals surface area contributed by atoms with Gasteiger partial charge in [-0.15, -0.1) is 0 Å². The first-order valence-electron chi connectivity index (χ1n) is 6.35. The van der Waals surface area contributed by atoms with Gasteiger partial charge >= 0.3 is 0 Å². The smallest absolute Gasteiger partial charge is 0.221 e. The number of benzene rings is 2. The molecule has 2 rings (SSSR count). The highest BCUT2D eigenvalue weighted by atomic mass is 16.1. The van der Waals surface area contributed by atoms with Crippen molar-refractivity contribution in [3.63, 3.8) is 0 Å². The van der Waals surface area contributed by atoms with Crippen LogP contribution in [0.4, 0.5) is 5.69 Å². The normalized spacial score (nSPS) is 9.26. The maximum Gasteiger partial charge on any atom is 0.221 e. The van der Waals surface area contributed by atoms with E-state index in [9.17, 15) is 4.79 Å². The van der Waals surface area contributed by atoms with Crippen molar-refractivity contribution in [2.24, 2.45) is 0 Å². The molecule has 0 fully saturated rings. The Bertz CT molecular complexity index is 491. The molecule has 0 aromatic heterocycles. The van der Waals surface area contributed by atoms with E-state index in [0.29, 0.717) is 0 Å². The van der Waals surface area contributed by atoms with E-state index in [1.54, 1.807) is 0 Å². The van der Waals surface area contributed by atoms with Gasteiger partial charge in [0.1, 0.15) is 0 Å². The Morgan fingerprint density at radius 1 is 0.737 bits per heavy atom. The molecule has 0 bridgehead atoms. The van der Waals surface area contributed by atoms with Crippen LogP contribution in [-0.4, -0.2) is 5.91 Å². The van der Waals surface area contributed by atoms with Crippen LogP contribution in [0.5, 0.6) is 0 Å². The number of aryl methyl sites for hydroxylation is 3. The molecule has 0 heterocycles. The molecule has 0 radical (unpaired) electrons. The van der Waals surface area contributed by atoms with Crippen LogP contribution < -0.4 is 5.32 Å². The molecular weight excluding hydrogens is 234 g/mol. The number of amides is 1. The van der Waals surface area contributed by atoms with Crippen LogP contribution in [0.1, 0.15) is 23.6 Å². The molecule has 0 unspecified atom stereocenters. The van der Waals surface area contributed by atoms with Crippen molar-refractivity contribution in [3.05, 3.63) is 65.2 Å². The van der Waals surface area contributed by atoms with Gasteiger partial charge in [-0.05, 0) is 32.9 Å². The summed E-state index contributed by atoms with van der Waals surface area (Å²) in [4.78, 5) is 10.6. The summed E-state index contributed by atoms with van der Waals surface area (Å²) in [5.41, 5.74) is 4.70. The van der Waals surface area contributed by atoms with E-state index >= 15 is 0 Å². The summed E-state index contributed by atoms with van der Waals surface area (Å²) in [6.45, 7) is 7.70. The predicted octanol–water partition coefficient (Wildman–Crippen LogP) is 4.26. The van der Waals surface area contributed by atoms with Crippen LogP contribution in [0.15, 0.2) is 48.5 Å². The van der Waals surface area contributed by atoms with Crippen LogP contribution >= 0.6 is 0 Å². The third-order valence-electron chi connectivity index (χ3n) is 2.59. The van der Waals surface area contributed by atoms with E-state index in [1.807, 2.05) is 31.2 Å². The summed E-state index contributed by atoms with van der Waals surface area (Å²) in [5.74, 6) is -0.0335. The molecule has 2 aromatic carbocycles. The summed E-state index contributed by atoms with van der Waals surface area (Å²) in [7, 11) is 0. The Hall–Kier alpha value is -2.09. The number of rotatable bonds is 1. The molecule has 2 aromatic rings. The van der Waals surface area contributed by atoms with E-state index in [1.165, 1.54) is 23.6 Å². The number of hydrogen-bond acceptors (Lipinski definition) is 1. The molecule has 0 spiro atoms. The second kappa shape index (κ2) is 7.37. The number of carbonyl (C=O) groups is 1. The fraction of sp³-hybridized carbons (Fsp3) is 0.235. The minimum absolute atomic E-state index is 0.0335. The van der Waals surface area contributed by atoms with Crippen molar-refractivity contribution in [1.29, 1.82) is 0 Å². The van der Waals surface area contributed by atoms with Crippen LogP contribution in [0.3, 0.4) is 0 Å². The van der Waals surface area contributed by atoms with Gasteiger partial charge in [-0.2, -0.15) is 0 Å². The predicted molar refractivity (Wildman–Crippen MR) is 81.4 cm³/mol. The molecular formula is C17H21NO. The topological polar surface area (TPSA) is 29.1 Å². The average molecular weight is 255 g/mol. The molecule has 0 saturated heterocycles. The van der Waals surface area contributed by atoms with Crippen molar-refractivity contribution in [2.45, 2.75) is 27.7 Å². The fourth-order valence-corrected chi connectivity index (χ4v) is 1.48. The lowest BCUT2D eigenvalue weighted by molar-refractivity contribution is -0.114. The standard InChI is InChI=1S/C9H11NO.C8H10/c1-7-3-5-9(6-4-7)10-8(2)11;1-7-3-5-8(2)6-4-7/h3-6H,1-2H3,(H,10,11);3-6H,1-2H3. The second-order valence-corrected chi connectivity index (χ2v) is 4.70. The van der Waals surface area contributed by atoms with Gasteiger partial charge in [-0.25, -0.2) is 0 Å². The van der Waals surface area contributed by atoms with Crippen molar-refractivity contribution in [2.75, 3.05) is 5.32 Å². The van der Waals surface area contributed by atoms with Gasteiger partial charge in [-0.1, -0.05) is 53.1 Å². The quantitative estimate of drug-likeness (QED) is 0.810. The highest BCUT2D eigenvalue weighted by Gasteiger charge is 1.92. The summed E-state index contributed by atoms with van der Waals surface area (Å²) >= 11 is 0. The van der Waals surface area contributed by atoms with Crippen molar-refractivity contribution >= 4 is 11.6 Å². The highest BCUT2D eigenvalue weighted by molar-refractivity contribution is 5.88. The average Bonchev–Trinajstić information content (AvgIpc) is 2.36. The zero-order valence-corrected chi connectivity index (χ0v) is 12.0. The maximum atomic E-state index is 10.6. The van der Waals surface area contributed by atoms with E-state index in [-0.39, 0.29) is 5.91 Å². The Morgan fingerprint density at radius 3 is 1.37 bits per heavy atom. The minimum atomic E-state index is -0.0335. The number of anilines is 1. The van der Waals surface area contributed by atoms with E-state index < -0.39 is 0 Å². The Balaban J connectivity index is 0.000000200. The van der Waals surface area contributed by atoms with Gasteiger partial charge in [0.15, 0.2) is 0 Å². The summed E-state index contributed by atoms with van der Waals surface area (Å²) in [5, 5.41) is 2.69. The SMILES string of the molecule is CC(=O)Nc1ccc(C)cc1.Cc1ccc(C)cc1. The van der Waals surface area contributed by atoms with Gasteiger partial charge in [-0.3, -0.25) is 4.79 Å². The largest absolute Gasteiger partial charge is 0.326 e. The van der Waals surface area contributed by atoms with Crippen LogP contribution in [0.25, 0.3) is 0 Å². The van der Waals surface area contributed by atoms with Gasteiger partial charge in [0, 0.05) is 12.6 Å². The van der Waals surface area contributed by atoms with Gasteiger partial charge in [0.25, 0.3) is 0 Å². The molecule has 19 heavy (non-hydrogen) atoms. The lowest BCUT2D eigenvalue weighted by atomic mass is 10.2. The van der Waals surface area contributed by atoms with E-state index in [4.69, 9.17) is 0 Å². The lowest BCUT2D eigenvalue weighted by Gasteiger charge is -2.00. The summed E-state index contributed by atoms with van der Waals surface area (Å²) in [6, 6.07) is 16.2. The molecule has 1 amide bonds. The van der Waals surface area contributed by atoms with E-state index in [0.717, 1.165) is 5.69 Å². The third kappa shape index (κ3) is 6.41. The molecule has 0 aliphatic heterocycles. The van der Waals surface area contributed by atoms with Crippen LogP contribution in [-0.2, 0) is 4.79 Å². The molecule has 100 valence electrons. The zero-order valence-electron chi connectivity index (χ0n) is 12.0. The monoisotopic (exact) mass is 255 g/mol. The van der Waals surface area contributed by atoms with Crippen molar-refractivity contribution in [3.8, 4) is 0 Å². The molecule has 0 atom stereocenters. The highest BCUT2D eigenvalue weighted by Crippen LogP contribution is 2.07. The van der Waals surface area contributed by atoms with Gasteiger partial charge < -0.3 is 5.32 Å². The molecule has 1 N–H and O–H groups in total. The van der Waals surface area contributed by atoms with Crippen molar-refractivity contribution < 1.29 is 4.79 Å². The number of carbonyl (C=O) groups excluding carboxylic acids is 1. The first-order chi connectivity index (χ1) is 8.97. The Labute approximate surface area is 115 Å². The second-order valence-electron chi connectivity index (χ2n) is 4.70. The Kier molecular flexibility index (Phi) is 5.80. The molecule has 2 nitrogen and oxygen atoms in total. The number of hydrogen-bond donors (Lipinski definition) is 1. The van der Waals surface area contributed by atoms with Crippen LogP contribution in [0.2, 0.25) is 0 Å². The summed E-state index contributed by atoms with van der Waals surface area (Å²) < 4.78 is 0. The fourth-order valence-electron chi connectivity index (χ4n) is 1.48. The first kappa shape index (κ1) is 15.0.